The lowest BCUT2D eigenvalue weighted by molar-refractivity contribution is -0.141. The second-order valence-corrected chi connectivity index (χ2v) is 4.95. The molecule has 1 aromatic heterocycles. The van der Waals surface area contributed by atoms with E-state index in [4.69, 9.17) is 25.5 Å². The SMILES string of the molecule is CC(O)C(NC(=O)NCc1nnc([C@@H](N)CO)o1)C(=O)O.CCC(=O)O. The Balaban J connectivity index is 0.00000110. The summed E-state index contributed by atoms with van der Waals surface area (Å²) in [5, 5.41) is 46.0. The first kappa shape index (κ1) is 23.2. The Hall–Kier alpha value is -2.77. The molecule has 1 heterocycles. The van der Waals surface area contributed by atoms with Gasteiger partial charge in [0.15, 0.2) is 6.04 Å². The van der Waals surface area contributed by atoms with Crippen LogP contribution < -0.4 is 16.4 Å². The minimum atomic E-state index is -1.44. The fraction of sp³-hybridized carbons (Fsp3) is 0.615. The third-order valence-electron chi connectivity index (χ3n) is 2.73. The van der Waals surface area contributed by atoms with Crippen LogP contribution in [0.5, 0.6) is 0 Å². The molecule has 0 radical (unpaired) electrons. The normalized spacial score (nSPS) is 13.6. The largest absolute Gasteiger partial charge is 0.481 e. The van der Waals surface area contributed by atoms with Crippen LogP contribution in [0.4, 0.5) is 4.79 Å². The molecule has 0 aromatic carbocycles. The van der Waals surface area contributed by atoms with Crippen LogP contribution in [0.1, 0.15) is 38.1 Å². The number of hydrogen-bond donors (Lipinski definition) is 7. The van der Waals surface area contributed by atoms with Gasteiger partial charge in [0.05, 0.1) is 19.3 Å². The minimum Gasteiger partial charge on any atom is -0.481 e. The first-order valence-electron chi connectivity index (χ1n) is 7.48. The number of rotatable bonds is 8. The molecule has 0 bridgehead atoms. The third-order valence-corrected chi connectivity index (χ3v) is 2.73. The van der Waals surface area contributed by atoms with Crippen molar-refractivity contribution in [3.05, 3.63) is 11.8 Å². The molecule has 3 atom stereocenters. The lowest BCUT2D eigenvalue weighted by atomic mass is 10.2. The highest BCUT2D eigenvalue weighted by Crippen LogP contribution is 2.07. The molecule has 1 rings (SSSR count). The van der Waals surface area contributed by atoms with E-state index in [0.29, 0.717) is 0 Å². The number of aromatic nitrogens is 2. The maximum Gasteiger partial charge on any atom is 0.328 e. The second-order valence-electron chi connectivity index (χ2n) is 4.95. The number of carboxylic acid groups (broad SMARTS) is 2. The van der Waals surface area contributed by atoms with E-state index in [1.165, 1.54) is 6.92 Å². The average Bonchev–Trinajstić information content (AvgIpc) is 3.06. The van der Waals surface area contributed by atoms with Crippen LogP contribution in [0.15, 0.2) is 4.42 Å². The van der Waals surface area contributed by atoms with Crippen LogP contribution in [-0.2, 0) is 16.1 Å². The van der Waals surface area contributed by atoms with Crippen molar-refractivity contribution in [2.45, 2.75) is 45.0 Å². The van der Waals surface area contributed by atoms with Gasteiger partial charge < -0.3 is 41.2 Å². The van der Waals surface area contributed by atoms with Crippen molar-refractivity contribution in [1.29, 1.82) is 0 Å². The summed E-state index contributed by atoms with van der Waals surface area (Å²) < 4.78 is 5.07. The van der Waals surface area contributed by atoms with Crippen molar-refractivity contribution in [2.24, 2.45) is 5.73 Å². The zero-order valence-corrected chi connectivity index (χ0v) is 14.2. The number of carbonyl (C=O) groups is 3. The Labute approximate surface area is 148 Å². The highest BCUT2D eigenvalue weighted by molar-refractivity contribution is 5.82. The van der Waals surface area contributed by atoms with E-state index in [0.717, 1.165) is 0 Å². The van der Waals surface area contributed by atoms with Gasteiger partial charge in [0, 0.05) is 6.42 Å². The molecule has 0 aliphatic carbocycles. The fourth-order valence-corrected chi connectivity index (χ4v) is 1.30. The number of nitrogens with two attached hydrogens (primary N) is 1. The van der Waals surface area contributed by atoms with Gasteiger partial charge in [-0.1, -0.05) is 6.92 Å². The number of amides is 2. The molecule has 1 aromatic rings. The quantitative estimate of drug-likeness (QED) is 0.267. The Morgan fingerprint density at radius 3 is 2.27 bits per heavy atom. The van der Waals surface area contributed by atoms with Crippen LogP contribution in [0.25, 0.3) is 0 Å². The summed E-state index contributed by atoms with van der Waals surface area (Å²) in [7, 11) is 0. The van der Waals surface area contributed by atoms with Gasteiger partial charge in [-0.05, 0) is 6.92 Å². The van der Waals surface area contributed by atoms with Crippen LogP contribution in [0.2, 0.25) is 0 Å². The number of aliphatic carboxylic acids is 2. The van der Waals surface area contributed by atoms with Crippen molar-refractivity contribution >= 4 is 18.0 Å². The van der Waals surface area contributed by atoms with E-state index in [1.807, 2.05) is 0 Å². The number of urea groups is 1. The highest BCUT2D eigenvalue weighted by Gasteiger charge is 2.25. The molecule has 0 saturated heterocycles. The molecule has 0 saturated carbocycles. The number of aliphatic hydroxyl groups is 2. The van der Waals surface area contributed by atoms with Crippen molar-refractivity contribution in [1.82, 2.24) is 20.8 Å². The minimum absolute atomic E-state index is 0.0158. The average molecular weight is 377 g/mol. The zero-order valence-electron chi connectivity index (χ0n) is 14.2. The monoisotopic (exact) mass is 377 g/mol. The highest BCUT2D eigenvalue weighted by atomic mass is 16.4. The van der Waals surface area contributed by atoms with E-state index in [1.54, 1.807) is 6.92 Å². The standard InChI is InChI=1S/C10H17N5O6.C3H6O2/c1-4(17)7(9(18)19)13-10(20)12-2-6-14-15-8(21-6)5(11)3-16;1-2-3(4)5/h4-5,7,16-17H,2-3,11H2,1H3,(H,18,19)(H2,12,13,20);2H2,1H3,(H,4,5)/t4?,5-,7?;/m0./s1. The van der Waals surface area contributed by atoms with Gasteiger partial charge in [0.2, 0.25) is 11.8 Å². The molecule has 8 N–H and O–H groups in total. The molecule has 148 valence electrons. The van der Waals surface area contributed by atoms with Crippen LogP contribution in [0.3, 0.4) is 0 Å². The first-order chi connectivity index (χ1) is 12.1. The summed E-state index contributed by atoms with van der Waals surface area (Å²) in [6, 6.07) is -3.08. The van der Waals surface area contributed by atoms with Crippen LogP contribution >= 0.6 is 0 Å². The summed E-state index contributed by atoms with van der Waals surface area (Å²) in [5.74, 6) is -2.06. The molecule has 2 unspecified atom stereocenters. The molecule has 0 aliphatic heterocycles. The molecule has 0 fully saturated rings. The zero-order chi connectivity index (χ0) is 20.3. The van der Waals surface area contributed by atoms with E-state index in [9.17, 15) is 19.5 Å². The van der Waals surface area contributed by atoms with Gasteiger partial charge in [-0.3, -0.25) is 4.79 Å². The molecule has 26 heavy (non-hydrogen) atoms. The van der Waals surface area contributed by atoms with E-state index in [-0.39, 0.29) is 31.4 Å². The lowest BCUT2D eigenvalue weighted by Gasteiger charge is -2.16. The Morgan fingerprint density at radius 1 is 1.27 bits per heavy atom. The summed E-state index contributed by atoms with van der Waals surface area (Å²) in [6.45, 7) is 2.30. The maximum atomic E-state index is 11.5. The van der Waals surface area contributed by atoms with E-state index < -0.39 is 36.2 Å². The number of nitrogens with zero attached hydrogens (tertiary/aromatic N) is 2. The Bertz CT molecular complexity index is 591. The smallest absolute Gasteiger partial charge is 0.328 e. The predicted octanol–water partition coefficient (Wildman–Crippen LogP) is -1.82. The number of aliphatic hydroxyl groups excluding tert-OH is 2. The van der Waals surface area contributed by atoms with Crippen LogP contribution in [-0.4, -0.2) is 67.3 Å². The van der Waals surface area contributed by atoms with Crippen molar-refractivity contribution < 1.29 is 39.2 Å². The molecular weight excluding hydrogens is 354 g/mol. The fourth-order valence-electron chi connectivity index (χ4n) is 1.30. The summed E-state index contributed by atoms with van der Waals surface area (Å²) in [6.07, 6.45) is -1.04. The van der Waals surface area contributed by atoms with Gasteiger partial charge in [0.1, 0.15) is 6.04 Å². The lowest BCUT2D eigenvalue weighted by Crippen LogP contribution is -2.51. The van der Waals surface area contributed by atoms with Crippen molar-refractivity contribution in [3.63, 3.8) is 0 Å². The summed E-state index contributed by atoms with van der Waals surface area (Å²) in [5.41, 5.74) is 5.46. The number of nitrogens with one attached hydrogen (secondary N) is 2. The van der Waals surface area contributed by atoms with Crippen molar-refractivity contribution in [3.8, 4) is 0 Å². The van der Waals surface area contributed by atoms with Gasteiger partial charge in [0.25, 0.3) is 0 Å². The van der Waals surface area contributed by atoms with Gasteiger partial charge in [-0.2, -0.15) is 0 Å². The summed E-state index contributed by atoms with van der Waals surface area (Å²) in [4.78, 5) is 31.6. The molecule has 0 spiro atoms. The molecule has 13 nitrogen and oxygen atoms in total. The first-order valence-corrected chi connectivity index (χ1v) is 7.48. The van der Waals surface area contributed by atoms with Gasteiger partial charge in [-0.25, -0.2) is 9.59 Å². The number of carbonyl (C=O) groups excluding carboxylic acids is 1. The van der Waals surface area contributed by atoms with E-state index in [2.05, 4.69) is 20.8 Å². The predicted molar refractivity (Wildman–Crippen MR) is 84.7 cm³/mol. The van der Waals surface area contributed by atoms with E-state index >= 15 is 0 Å². The second kappa shape index (κ2) is 11.7. The molecular formula is C13H23N5O8. The van der Waals surface area contributed by atoms with Gasteiger partial charge in [-0.15, -0.1) is 10.2 Å². The molecule has 0 aliphatic rings. The number of hydrogen-bond acceptors (Lipinski definition) is 9. The maximum absolute atomic E-state index is 11.5. The van der Waals surface area contributed by atoms with Gasteiger partial charge >= 0.3 is 18.0 Å². The summed E-state index contributed by atoms with van der Waals surface area (Å²) >= 11 is 0. The molecule has 2 amide bonds. The Kier molecular flexibility index (Phi) is 10.5. The topological polar surface area (TPSA) is 221 Å². The Morgan fingerprint density at radius 2 is 1.85 bits per heavy atom. The third kappa shape index (κ3) is 8.91. The number of carboxylic acids is 2. The molecule has 13 heteroatoms. The van der Waals surface area contributed by atoms with Crippen molar-refractivity contribution in [2.75, 3.05) is 6.61 Å². The van der Waals surface area contributed by atoms with Crippen LogP contribution in [0, 0.1) is 0 Å².